The van der Waals surface area contributed by atoms with Crippen LogP contribution in [-0.2, 0) is 40.8 Å². The molecule has 1 unspecified atom stereocenters. The Hall–Kier alpha value is -6.60. The van der Waals surface area contributed by atoms with Gasteiger partial charge in [-0.2, -0.15) is 18.3 Å². The van der Waals surface area contributed by atoms with E-state index in [0.29, 0.717) is 11.8 Å². The summed E-state index contributed by atoms with van der Waals surface area (Å²) in [6.45, 7) is 0. The van der Waals surface area contributed by atoms with Crippen molar-refractivity contribution in [3.63, 3.8) is 0 Å². The minimum Gasteiger partial charge on any atom is -0.497 e. The minimum absolute atomic E-state index is 0.00500. The van der Waals surface area contributed by atoms with Crippen LogP contribution in [0, 0.1) is 11.6 Å². The van der Waals surface area contributed by atoms with Crippen LogP contribution in [-0.4, -0.2) is 51.7 Å². The van der Waals surface area contributed by atoms with E-state index >= 15 is 0 Å². The molecule has 0 spiro atoms. The van der Waals surface area contributed by atoms with Gasteiger partial charge in [-0.25, -0.2) is 32.0 Å². The highest BCUT2D eigenvalue weighted by Crippen LogP contribution is 2.37. The first-order chi connectivity index (χ1) is 28.4. The van der Waals surface area contributed by atoms with Crippen molar-refractivity contribution in [3.8, 4) is 22.7 Å². The number of hydrogen-bond donors (Lipinski definition) is 2. The zero-order valence-electron chi connectivity index (χ0n) is 31.3. The predicted octanol–water partition coefficient (Wildman–Crippen LogP) is 7.66. The van der Waals surface area contributed by atoms with Gasteiger partial charge in [-0.1, -0.05) is 35.9 Å². The predicted molar refractivity (Wildman–Crippen MR) is 212 cm³/mol. The fourth-order valence-electron chi connectivity index (χ4n) is 6.69. The van der Waals surface area contributed by atoms with Crippen LogP contribution in [0.1, 0.15) is 28.7 Å². The molecule has 3 heterocycles. The van der Waals surface area contributed by atoms with Crippen LogP contribution in [0.4, 0.5) is 32.6 Å². The fraction of sp³-hybridized carbons (Fsp3) is 0.175. The van der Waals surface area contributed by atoms with Crippen molar-refractivity contribution in [2.24, 2.45) is 12.8 Å². The Morgan fingerprint density at radius 1 is 0.950 bits per heavy atom. The number of amides is 1. The molecule has 7 rings (SSSR count). The summed E-state index contributed by atoms with van der Waals surface area (Å²) < 4.78 is 112. The van der Waals surface area contributed by atoms with Crippen LogP contribution in [0.15, 0.2) is 95.8 Å². The van der Waals surface area contributed by atoms with Gasteiger partial charge in [-0.3, -0.25) is 18.8 Å². The molecule has 3 N–H and O–H groups in total. The van der Waals surface area contributed by atoms with Crippen LogP contribution in [0.25, 0.3) is 38.8 Å². The second-order valence-corrected chi connectivity index (χ2v) is 15.7. The number of nitrogens with one attached hydrogen (secondary N) is 1. The monoisotopic (exact) mass is 867 g/mol. The van der Waals surface area contributed by atoms with Crippen molar-refractivity contribution in [1.82, 2.24) is 24.3 Å². The first-order valence-corrected chi connectivity index (χ1v) is 19.7. The largest absolute Gasteiger partial charge is 0.497 e. The maximum Gasteiger partial charge on any atom is 0.433 e. The number of methoxy groups -OCH3 is 1. The number of fused-ring (bicyclic) bond motifs is 2. The maximum atomic E-state index is 14.8. The molecule has 0 aliphatic heterocycles. The third-order valence-corrected chi connectivity index (χ3v) is 10.9. The molecule has 0 aliphatic carbocycles. The number of halogens is 6. The summed E-state index contributed by atoms with van der Waals surface area (Å²) in [4.78, 5) is 35.6. The number of nitrogens with zero attached hydrogens (tertiary/aromatic N) is 5. The smallest absolute Gasteiger partial charge is 0.433 e. The number of ether oxygens (including phenoxy) is 2. The van der Waals surface area contributed by atoms with Gasteiger partial charge in [0.2, 0.25) is 10.0 Å². The van der Waals surface area contributed by atoms with Crippen molar-refractivity contribution < 1.29 is 44.6 Å². The Kier molecular flexibility index (Phi) is 11.2. The van der Waals surface area contributed by atoms with Gasteiger partial charge in [0.15, 0.2) is 17.7 Å². The Balaban J connectivity index is 1.40. The van der Waals surface area contributed by atoms with Gasteiger partial charge in [0.05, 0.1) is 51.1 Å². The number of carbonyl (C=O) groups excluding carboxylic acids is 1. The summed E-state index contributed by atoms with van der Waals surface area (Å²) in [6, 6.07) is 19.4. The lowest BCUT2D eigenvalue weighted by molar-refractivity contribution is -0.141. The number of aromatic nitrogens is 5. The molecule has 3 aromatic heterocycles. The Morgan fingerprint density at radius 3 is 2.33 bits per heavy atom. The molecule has 310 valence electrons. The van der Waals surface area contributed by atoms with E-state index in [9.17, 15) is 40.0 Å². The Labute approximate surface area is 342 Å². The highest BCUT2D eigenvalue weighted by molar-refractivity contribution is 7.92. The summed E-state index contributed by atoms with van der Waals surface area (Å²) in [5.74, 6) is -2.21. The van der Waals surface area contributed by atoms with Gasteiger partial charge in [0.1, 0.15) is 23.1 Å². The maximum absolute atomic E-state index is 14.8. The van der Waals surface area contributed by atoms with Crippen LogP contribution in [0.3, 0.4) is 0 Å². The van der Waals surface area contributed by atoms with E-state index in [1.54, 1.807) is 24.3 Å². The number of alkyl halides is 3. The molecule has 0 saturated heterocycles. The lowest BCUT2D eigenvalue weighted by Gasteiger charge is -2.22. The van der Waals surface area contributed by atoms with Crippen molar-refractivity contribution in [3.05, 3.63) is 141 Å². The molecule has 0 saturated carbocycles. The van der Waals surface area contributed by atoms with Gasteiger partial charge >= 0.3 is 12.3 Å². The number of hydrogen-bond acceptors (Lipinski definition) is 9. The Bertz CT molecular complexity index is 2960. The summed E-state index contributed by atoms with van der Waals surface area (Å²) >= 11 is 6.69. The van der Waals surface area contributed by atoms with E-state index in [1.807, 2.05) is 0 Å². The van der Waals surface area contributed by atoms with E-state index in [2.05, 4.69) is 19.8 Å². The number of anilines is 1. The van der Waals surface area contributed by atoms with Crippen molar-refractivity contribution >= 4 is 55.3 Å². The molecule has 0 fully saturated rings. The third-order valence-electron chi connectivity index (χ3n) is 9.35. The summed E-state index contributed by atoms with van der Waals surface area (Å²) in [7, 11) is -1.11. The molecule has 0 aliphatic rings. The number of benzene rings is 4. The average Bonchev–Trinajstić information content (AvgIpc) is 3.51. The van der Waals surface area contributed by atoms with Crippen molar-refractivity contribution in [2.75, 3.05) is 17.6 Å². The second-order valence-electron chi connectivity index (χ2n) is 13.4. The molecule has 20 heteroatoms. The third kappa shape index (κ3) is 8.71. The summed E-state index contributed by atoms with van der Waals surface area (Å²) in [5.41, 5.74) is 4.22. The van der Waals surface area contributed by atoms with Gasteiger partial charge in [-0.05, 0) is 78.2 Å². The molecule has 4 aromatic carbocycles. The van der Waals surface area contributed by atoms with Gasteiger partial charge < -0.3 is 15.2 Å². The lowest BCUT2D eigenvalue weighted by Crippen LogP contribution is -2.30. The van der Waals surface area contributed by atoms with Crippen LogP contribution >= 0.6 is 11.6 Å². The van der Waals surface area contributed by atoms with E-state index in [4.69, 9.17) is 26.8 Å². The van der Waals surface area contributed by atoms with E-state index in [-0.39, 0.29) is 73.2 Å². The molecule has 13 nitrogen and oxygen atoms in total. The number of pyridine rings is 1. The van der Waals surface area contributed by atoms with Gasteiger partial charge in [-0.15, -0.1) is 0 Å². The zero-order chi connectivity index (χ0) is 43.1. The number of carbonyl (C=O) groups is 1. The van der Waals surface area contributed by atoms with Crippen LogP contribution in [0.2, 0.25) is 5.02 Å². The van der Waals surface area contributed by atoms with Gasteiger partial charge in [0.25, 0.3) is 5.56 Å². The first kappa shape index (κ1) is 41.6. The SMILES string of the molecule is COc1ccc(CCS(=O)(=O)Nc2nn(C)c3c(-n4c(C(Cc5cc(F)cc(F)c5)OC(N)=O)nc5cc(-c6cccc(C(F)(F)F)n6)ccc5c4=O)ccc(Cl)c23)cc1. The van der Waals surface area contributed by atoms with E-state index in [0.717, 1.165) is 34.4 Å². The average molecular weight is 868 g/mol. The van der Waals surface area contributed by atoms with E-state index < -0.39 is 57.7 Å². The highest BCUT2D eigenvalue weighted by Gasteiger charge is 2.33. The molecule has 60 heavy (non-hydrogen) atoms. The number of nitrogens with two attached hydrogens (primary N) is 1. The second kappa shape index (κ2) is 16.2. The summed E-state index contributed by atoms with van der Waals surface area (Å²) in [5, 5.41) is 4.40. The van der Waals surface area contributed by atoms with Gasteiger partial charge in [0, 0.05) is 25.1 Å². The highest BCUT2D eigenvalue weighted by atomic mass is 35.5. The van der Waals surface area contributed by atoms with Crippen LogP contribution in [0.5, 0.6) is 5.75 Å². The molecular formula is C40H31ClF5N7O6S. The molecular weight excluding hydrogens is 837 g/mol. The number of rotatable bonds is 12. The number of primary amides is 1. The molecule has 0 radical (unpaired) electrons. The van der Waals surface area contributed by atoms with Crippen molar-refractivity contribution in [2.45, 2.75) is 25.1 Å². The molecule has 1 atom stereocenters. The van der Waals surface area contributed by atoms with Crippen molar-refractivity contribution in [1.29, 1.82) is 0 Å². The number of aryl methyl sites for hydroxylation is 2. The standard InChI is InChI=1S/C40H31ClF5N7O6S/c1-52-35-31(13-12-28(41)34(35)36(50-52)51-60(56,57)15-14-21-6-9-26(58-2)10-7-21)53-37(32(59-39(47)55)18-22-16-24(42)20-25(43)17-22)49-30-19-23(8-11-27(30)38(53)54)29-4-3-5-33(48-29)40(44,45)46/h3-13,16-17,19-20,32H,14-15,18H2,1-2H3,(H2,47,55)(H,50,51). The lowest BCUT2D eigenvalue weighted by atomic mass is 10.0. The quantitative estimate of drug-likeness (QED) is 0.117. The summed E-state index contributed by atoms with van der Waals surface area (Å²) in [6.07, 6.45) is -8.09. The van der Waals surface area contributed by atoms with Crippen LogP contribution < -0.4 is 20.8 Å². The Morgan fingerprint density at radius 2 is 1.67 bits per heavy atom. The fourth-order valence-corrected chi connectivity index (χ4v) is 7.97. The topological polar surface area (TPSA) is 173 Å². The zero-order valence-corrected chi connectivity index (χ0v) is 32.9. The first-order valence-electron chi connectivity index (χ1n) is 17.7. The number of sulfonamides is 1. The molecule has 1 amide bonds. The minimum atomic E-state index is -4.76. The molecule has 0 bridgehead atoms. The normalized spacial score (nSPS) is 12.5. The molecule has 7 aromatic rings. The van der Waals surface area contributed by atoms with E-state index in [1.165, 1.54) is 55.2 Å².